The fourth-order valence-electron chi connectivity index (χ4n) is 3.75. The van der Waals surface area contributed by atoms with Crippen molar-refractivity contribution in [1.82, 2.24) is 9.88 Å². The van der Waals surface area contributed by atoms with Gasteiger partial charge < -0.3 is 9.88 Å². The van der Waals surface area contributed by atoms with E-state index < -0.39 is 0 Å². The van der Waals surface area contributed by atoms with Crippen molar-refractivity contribution in [3.63, 3.8) is 0 Å². The summed E-state index contributed by atoms with van der Waals surface area (Å²) in [4.78, 5) is 0. The number of aromatic nitrogens is 1. The molecule has 1 N–H and O–H groups in total. The summed E-state index contributed by atoms with van der Waals surface area (Å²) in [6.45, 7) is 3.38. The van der Waals surface area contributed by atoms with Gasteiger partial charge in [0.2, 0.25) is 0 Å². The zero-order valence-corrected chi connectivity index (χ0v) is 10.8. The largest absolute Gasteiger partial charge is 0.343 e. The fourth-order valence-corrected chi connectivity index (χ4v) is 3.75. The Morgan fingerprint density at radius 1 is 1.00 bits per heavy atom. The van der Waals surface area contributed by atoms with Crippen molar-refractivity contribution >= 4 is 10.9 Å². The molecule has 0 amide bonds. The van der Waals surface area contributed by atoms with Gasteiger partial charge >= 0.3 is 0 Å². The highest BCUT2D eigenvalue weighted by molar-refractivity contribution is 5.88. The predicted molar refractivity (Wildman–Crippen MR) is 75.2 cm³/mol. The van der Waals surface area contributed by atoms with Crippen LogP contribution in [-0.4, -0.2) is 17.7 Å². The standard InChI is InChI=1S/C16H20N2/c1-2-7-15-13(5-1)14-6-3-4-12-8-9-17-10-11-18(15)16(12)14/h3-4,6,17H,1-2,5,7-11H2. The number of hydrogen-bond acceptors (Lipinski definition) is 1. The van der Waals surface area contributed by atoms with Crippen LogP contribution < -0.4 is 5.32 Å². The molecule has 0 radical (unpaired) electrons. The normalized spacial score (nSPS) is 19.3. The topological polar surface area (TPSA) is 17.0 Å². The van der Waals surface area contributed by atoms with Crippen molar-refractivity contribution in [3.05, 3.63) is 35.0 Å². The van der Waals surface area contributed by atoms with Crippen LogP contribution in [0.15, 0.2) is 18.2 Å². The van der Waals surface area contributed by atoms with E-state index in [1.165, 1.54) is 37.7 Å². The SMILES string of the molecule is c1cc2c3c(c1)c1c(n3CCNCC2)CCCC1. The maximum absolute atomic E-state index is 3.55. The van der Waals surface area contributed by atoms with E-state index in [9.17, 15) is 0 Å². The van der Waals surface area contributed by atoms with E-state index in [1.54, 1.807) is 22.2 Å². The molecule has 0 unspecified atom stereocenters. The smallest absolute Gasteiger partial charge is 0.0518 e. The first-order valence-corrected chi connectivity index (χ1v) is 7.28. The molecule has 2 heteroatoms. The molecule has 1 aliphatic heterocycles. The molecule has 0 saturated carbocycles. The van der Waals surface area contributed by atoms with Crippen LogP contribution in [-0.2, 0) is 25.8 Å². The van der Waals surface area contributed by atoms with Crippen LogP contribution >= 0.6 is 0 Å². The van der Waals surface area contributed by atoms with E-state index in [1.807, 2.05) is 0 Å². The molecule has 0 spiro atoms. The molecule has 0 atom stereocenters. The molecule has 4 rings (SSSR count). The van der Waals surface area contributed by atoms with E-state index in [2.05, 4.69) is 28.1 Å². The molecule has 0 bridgehead atoms. The minimum atomic E-state index is 1.12. The van der Waals surface area contributed by atoms with Crippen molar-refractivity contribution in [2.75, 3.05) is 13.1 Å². The maximum Gasteiger partial charge on any atom is 0.0518 e. The molecule has 2 aliphatic rings. The fraction of sp³-hybridized carbons (Fsp3) is 0.500. The predicted octanol–water partition coefficient (Wildman–Crippen LogP) is 2.67. The number of rotatable bonds is 0. The van der Waals surface area contributed by atoms with Gasteiger partial charge in [-0.2, -0.15) is 0 Å². The molecular weight excluding hydrogens is 220 g/mol. The number of para-hydroxylation sites is 1. The second kappa shape index (κ2) is 4.13. The van der Waals surface area contributed by atoms with Gasteiger partial charge in [-0.1, -0.05) is 18.2 Å². The number of hydrogen-bond donors (Lipinski definition) is 1. The minimum absolute atomic E-state index is 1.12. The van der Waals surface area contributed by atoms with E-state index in [4.69, 9.17) is 0 Å². The number of aryl methyl sites for hydroxylation is 1. The molecule has 2 nitrogen and oxygen atoms in total. The number of nitrogens with zero attached hydrogens (tertiary/aromatic N) is 1. The summed E-state index contributed by atoms with van der Waals surface area (Å²) in [5.74, 6) is 0. The van der Waals surface area contributed by atoms with Crippen LogP contribution in [0.5, 0.6) is 0 Å². The van der Waals surface area contributed by atoms with E-state index in [0.29, 0.717) is 0 Å². The molecule has 1 aromatic carbocycles. The lowest BCUT2D eigenvalue weighted by Gasteiger charge is -2.18. The number of benzene rings is 1. The zero-order chi connectivity index (χ0) is 11.9. The van der Waals surface area contributed by atoms with Crippen LogP contribution in [0.3, 0.4) is 0 Å². The molecule has 0 saturated heterocycles. The highest BCUT2D eigenvalue weighted by Crippen LogP contribution is 2.34. The van der Waals surface area contributed by atoms with Gasteiger partial charge in [-0.25, -0.2) is 0 Å². The molecule has 0 fully saturated rings. The molecule has 1 aliphatic carbocycles. The maximum atomic E-state index is 3.55. The van der Waals surface area contributed by atoms with Gasteiger partial charge in [-0.3, -0.25) is 0 Å². The van der Waals surface area contributed by atoms with Gasteiger partial charge in [0.1, 0.15) is 0 Å². The molecule has 18 heavy (non-hydrogen) atoms. The molecule has 2 heterocycles. The van der Waals surface area contributed by atoms with Gasteiger partial charge in [0, 0.05) is 24.2 Å². The van der Waals surface area contributed by atoms with Crippen molar-refractivity contribution in [2.24, 2.45) is 0 Å². The Bertz CT molecular complexity index is 595. The van der Waals surface area contributed by atoms with Crippen molar-refractivity contribution in [3.8, 4) is 0 Å². The van der Waals surface area contributed by atoms with E-state index >= 15 is 0 Å². The number of nitrogens with one attached hydrogen (secondary N) is 1. The number of fused-ring (bicyclic) bond motifs is 3. The Morgan fingerprint density at radius 3 is 2.94 bits per heavy atom. The Morgan fingerprint density at radius 2 is 1.94 bits per heavy atom. The summed E-state index contributed by atoms with van der Waals surface area (Å²) < 4.78 is 2.62. The van der Waals surface area contributed by atoms with Crippen LogP contribution in [0.25, 0.3) is 10.9 Å². The summed E-state index contributed by atoms with van der Waals surface area (Å²) in [7, 11) is 0. The summed E-state index contributed by atoms with van der Waals surface area (Å²) >= 11 is 0. The van der Waals surface area contributed by atoms with Crippen LogP contribution in [0.2, 0.25) is 0 Å². The van der Waals surface area contributed by atoms with Gasteiger partial charge in [-0.05, 0) is 49.8 Å². The second-order valence-corrected chi connectivity index (χ2v) is 5.60. The highest BCUT2D eigenvalue weighted by atomic mass is 15.0. The van der Waals surface area contributed by atoms with Gasteiger partial charge in [0.05, 0.1) is 5.52 Å². The highest BCUT2D eigenvalue weighted by Gasteiger charge is 2.21. The lowest BCUT2D eigenvalue weighted by atomic mass is 9.95. The Labute approximate surface area is 108 Å². The molecule has 94 valence electrons. The summed E-state index contributed by atoms with van der Waals surface area (Å²) in [6.07, 6.45) is 6.47. The lowest BCUT2D eigenvalue weighted by Crippen LogP contribution is -2.25. The first-order chi connectivity index (χ1) is 8.95. The van der Waals surface area contributed by atoms with Crippen LogP contribution in [0.1, 0.15) is 29.7 Å². The lowest BCUT2D eigenvalue weighted by molar-refractivity contribution is 0.562. The second-order valence-electron chi connectivity index (χ2n) is 5.60. The minimum Gasteiger partial charge on any atom is -0.343 e. The average Bonchev–Trinajstić information content (AvgIpc) is 2.70. The first-order valence-electron chi connectivity index (χ1n) is 7.28. The summed E-state index contributed by atoms with van der Waals surface area (Å²) in [6, 6.07) is 6.91. The third-order valence-electron chi connectivity index (χ3n) is 4.56. The third kappa shape index (κ3) is 1.45. The van der Waals surface area contributed by atoms with Gasteiger partial charge in [-0.15, -0.1) is 0 Å². The van der Waals surface area contributed by atoms with E-state index in [0.717, 1.165) is 19.6 Å². The van der Waals surface area contributed by atoms with Crippen molar-refractivity contribution in [1.29, 1.82) is 0 Å². The van der Waals surface area contributed by atoms with Crippen molar-refractivity contribution in [2.45, 2.75) is 38.6 Å². The average molecular weight is 240 g/mol. The summed E-state index contributed by atoms with van der Waals surface area (Å²) in [5.41, 5.74) is 6.37. The van der Waals surface area contributed by atoms with Gasteiger partial charge in [0.25, 0.3) is 0 Å². The van der Waals surface area contributed by atoms with E-state index in [-0.39, 0.29) is 0 Å². The summed E-state index contributed by atoms with van der Waals surface area (Å²) in [5, 5.41) is 5.09. The molecule has 1 aromatic heterocycles. The Hall–Kier alpha value is -1.28. The van der Waals surface area contributed by atoms with Crippen molar-refractivity contribution < 1.29 is 0 Å². The molecule has 2 aromatic rings. The van der Waals surface area contributed by atoms with Crippen LogP contribution in [0, 0.1) is 0 Å². The monoisotopic (exact) mass is 240 g/mol. The van der Waals surface area contributed by atoms with Gasteiger partial charge in [0.15, 0.2) is 0 Å². The Kier molecular flexibility index (Phi) is 2.44. The quantitative estimate of drug-likeness (QED) is 0.749. The first kappa shape index (κ1) is 10.6. The molecular formula is C16H20N2. The zero-order valence-electron chi connectivity index (χ0n) is 10.8. The Balaban J connectivity index is 2.06. The third-order valence-corrected chi connectivity index (χ3v) is 4.56. The van der Waals surface area contributed by atoms with Crippen LogP contribution in [0.4, 0.5) is 0 Å².